The third kappa shape index (κ3) is 2.07. The van der Waals surface area contributed by atoms with E-state index in [1.54, 1.807) is 26.4 Å². The lowest BCUT2D eigenvalue weighted by atomic mass is 10.2. The summed E-state index contributed by atoms with van der Waals surface area (Å²) in [6.07, 6.45) is -0.301. The molecule has 32 heavy (non-hydrogen) atoms. The number of imidazole rings is 2. The van der Waals surface area contributed by atoms with Crippen molar-refractivity contribution in [2.24, 2.45) is 0 Å². The quantitative estimate of drug-likeness (QED) is 0.410. The zero-order chi connectivity index (χ0) is 21.6. The van der Waals surface area contributed by atoms with Crippen LogP contribution in [-0.4, -0.2) is 38.4 Å². The Kier molecular flexibility index (Phi) is 3.16. The normalized spacial score (nSPS) is 15.8. The van der Waals surface area contributed by atoms with Gasteiger partial charge in [-0.05, 0) is 36.4 Å². The maximum absolute atomic E-state index is 10.2. The number of phenolic OH excluding ortho intramolecular Hbond substituents is 1. The SMILES string of the molecule is COc1ccc2nc3n(c2c1)-c1nc2ccc(OC)cc2n1C1Nc2ccc(O)cc2N31. The molecule has 2 aliphatic rings. The summed E-state index contributed by atoms with van der Waals surface area (Å²) in [5.74, 6) is 3.14. The van der Waals surface area contributed by atoms with Crippen LogP contribution in [0.4, 0.5) is 17.3 Å². The predicted octanol–water partition coefficient (Wildman–Crippen LogP) is 4.13. The third-order valence-corrected chi connectivity index (χ3v) is 6.15. The molecule has 3 aromatic carbocycles. The van der Waals surface area contributed by atoms with E-state index in [1.807, 2.05) is 47.0 Å². The van der Waals surface area contributed by atoms with Crippen LogP contribution >= 0.6 is 0 Å². The molecule has 7 rings (SSSR count). The van der Waals surface area contributed by atoms with Crippen molar-refractivity contribution in [3.8, 4) is 23.2 Å². The van der Waals surface area contributed by atoms with Gasteiger partial charge in [-0.2, -0.15) is 0 Å². The summed E-state index contributed by atoms with van der Waals surface area (Å²) in [6, 6.07) is 16.9. The Bertz CT molecular complexity index is 1570. The summed E-state index contributed by atoms with van der Waals surface area (Å²) in [5.41, 5.74) is 5.23. The number of ether oxygens (including phenoxy) is 2. The van der Waals surface area contributed by atoms with Crippen LogP contribution in [-0.2, 0) is 0 Å². The molecule has 9 heteroatoms. The molecule has 4 heterocycles. The monoisotopic (exact) mass is 426 g/mol. The molecule has 0 radical (unpaired) electrons. The van der Waals surface area contributed by atoms with Crippen molar-refractivity contribution in [3.63, 3.8) is 0 Å². The number of aromatic hydroxyl groups is 1. The fourth-order valence-corrected chi connectivity index (χ4v) is 4.69. The van der Waals surface area contributed by atoms with Crippen LogP contribution in [0.1, 0.15) is 6.29 Å². The number of hydrogen-bond acceptors (Lipinski definition) is 7. The Morgan fingerprint density at radius 1 is 0.844 bits per heavy atom. The predicted molar refractivity (Wildman–Crippen MR) is 120 cm³/mol. The highest BCUT2D eigenvalue weighted by atomic mass is 16.5. The Morgan fingerprint density at radius 3 is 2.28 bits per heavy atom. The van der Waals surface area contributed by atoms with E-state index in [-0.39, 0.29) is 12.0 Å². The number of nitrogens with zero attached hydrogens (tertiary/aromatic N) is 5. The molecule has 1 unspecified atom stereocenters. The van der Waals surface area contributed by atoms with Gasteiger partial charge in [-0.3, -0.25) is 9.47 Å². The van der Waals surface area contributed by atoms with Crippen LogP contribution in [0, 0.1) is 0 Å². The van der Waals surface area contributed by atoms with Gasteiger partial charge >= 0.3 is 0 Å². The van der Waals surface area contributed by atoms with Crippen molar-refractivity contribution in [2.75, 3.05) is 24.4 Å². The number of rotatable bonds is 2. The van der Waals surface area contributed by atoms with Gasteiger partial charge < -0.3 is 19.9 Å². The molecule has 0 bridgehead atoms. The Morgan fingerprint density at radius 2 is 1.53 bits per heavy atom. The number of aromatic nitrogens is 4. The third-order valence-electron chi connectivity index (χ3n) is 6.15. The van der Waals surface area contributed by atoms with Gasteiger partial charge in [-0.1, -0.05) is 0 Å². The van der Waals surface area contributed by atoms with Crippen LogP contribution in [0.2, 0.25) is 0 Å². The van der Waals surface area contributed by atoms with E-state index in [1.165, 1.54) is 0 Å². The molecular formula is C23H18N6O3. The Labute approximate surface area is 182 Å². The first-order chi connectivity index (χ1) is 15.7. The van der Waals surface area contributed by atoms with Crippen molar-refractivity contribution >= 4 is 39.4 Å². The van der Waals surface area contributed by atoms with Crippen molar-refractivity contribution in [3.05, 3.63) is 54.6 Å². The van der Waals surface area contributed by atoms with Crippen LogP contribution in [0.25, 0.3) is 28.0 Å². The van der Waals surface area contributed by atoms with E-state index in [2.05, 4.69) is 14.8 Å². The second kappa shape index (κ2) is 5.85. The van der Waals surface area contributed by atoms with E-state index in [0.29, 0.717) is 5.95 Å². The summed E-state index contributed by atoms with van der Waals surface area (Å²) in [7, 11) is 3.30. The minimum Gasteiger partial charge on any atom is -0.508 e. The Balaban J connectivity index is 1.61. The van der Waals surface area contributed by atoms with E-state index in [0.717, 1.165) is 50.9 Å². The fraction of sp³-hybridized carbons (Fsp3) is 0.130. The van der Waals surface area contributed by atoms with Crippen LogP contribution in [0.5, 0.6) is 17.2 Å². The zero-order valence-electron chi connectivity index (χ0n) is 17.3. The highest BCUT2D eigenvalue weighted by Crippen LogP contribution is 2.50. The van der Waals surface area contributed by atoms with Gasteiger partial charge in [0.2, 0.25) is 11.9 Å². The smallest absolute Gasteiger partial charge is 0.221 e. The van der Waals surface area contributed by atoms with Gasteiger partial charge in [0.05, 0.1) is 47.7 Å². The van der Waals surface area contributed by atoms with Crippen LogP contribution < -0.4 is 19.7 Å². The van der Waals surface area contributed by atoms with Crippen molar-refractivity contribution < 1.29 is 14.6 Å². The van der Waals surface area contributed by atoms with Crippen LogP contribution in [0.3, 0.4) is 0 Å². The Hall–Kier alpha value is -4.40. The number of hydrogen-bond donors (Lipinski definition) is 2. The maximum Gasteiger partial charge on any atom is 0.221 e. The molecule has 5 aromatic rings. The molecule has 2 N–H and O–H groups in total. The fourth-order valence-electron chi connectivity index (χ4n) is 4.69. The minimum absolute atomic E-state index is 0.193. The van der Waals surface area contributed by atoms with Gasteiger partial charge in [0.1, 0.15) is 17.2 Å². The number of benzene rings is 3. The molecule has 9 nitrogen and oxygen atoms in total. The summed E-state index contributed by atoms with van der Waals surface area (Å²) in [5, 5.41) is 13.8. The number of anilines is 3. The summed E-state index contributed by atoms with van der Waals surface area (Å²) >= 11 is 0. The maximum atomic E-state index is 10.2. The van der Waals surface area contributed by atoms with E-state index in [4.69, 9.17) is 19.4 Å². The van der Waals surface area contributed by atoms with E-state index >= 15 is 0 Å². The number of methoxy groups -OCH3 is 2. The minimum atomic E-state index is -0.301. The standard InChI is InChI=1S/C23H18N6O3/c1-31-13-4-7-16-19(10-13)29-22(25-16)27-18-9-12(30)3-6-15(18)24-21(27)28-20-11-14(32-2)5-8-17(20)26-23(28)29/h3-11,21,24,30H,1-2H3. The molecular weight excluding hydrogens is 408 g/mol. The van der Waals surface area contributed by atoms with Gasteiger partial charge in [0, 0.05) is 18.2 Å². The first-order valence-electron chi connectivity index (χ1n) is 10.2. The molecule has 0 fully saturated rings. The van der Waals surface area contributed by atoms with Gasteiger partial charge in [-0.15, -0.1) is 0 Å². The first-order valence-corrected chi connectivity index (χ1v) is 10.2. The summed E-state index contributed by atoms with van der Waals surface area (Å²) < 4.78 is 15.1. The lowest BCUT2D eigenvalue weighted by Crippen LogP contribution is -2.36. The van der Waals surface area contributed by atoms with E-state index < -0.39 is 0 Å². The van der Waals surface area contributed by atoms with Crippen molar-refractivity contribution in [2.45, 2.75) is 6.29 Å². The summed E-state index contributed by atoms with van der Waals surface area (Å²) in [4.78, 5) is 12.0. The van der Waals surface area contributed by atoms with Gasteiger partial charge in [0.15, 0.2) is 6.29 Å². The molecule has 2 aromatic heterocycles. The molecule has 158 valence electrons. The second-order valence-electron chi connectivity index (χ2n) is 7.83. The lowest BCUT2D eigenvalue weighted by Gasteiger charge is -2.33. The summed E-state index contributed by atoms with van der Waals surface area (Å²) in [6.45, 7) is 0. The zero-order valence-corrected chi connectivity index (χ0v) is 17.3. The molecule has 2 aliphatic heterocycles. The van der Waals surface area contributed by atoms with Gasteiger partial charge in [-0.25, -0.2) is 14.5 Å². The molecule has 0 spiro atoms. The molecule has 0 saturated carbocycles. The topological polar surface area (TPSA) is 89.6 Å². The van der Waals surface area contributed by atoms with E-state index in [9.17, 15) is 5.11 Å². The number of nitrogens with one attached hydrogen (secondary N) is 1. The highest BCUT2D eigenvalue weighted by Gasteiger charge is 2.42. The lowest BCUT2D eigenvalue weighted by molar-refractivity contribution is 0.415. The van der Waals surface area contributed by atoms with Crippen LogP contribution in [0.15, 0.2) is 54.6 Å². The average Bonchev–Trinajstić information content (AvgIpc) is 3.48. The number of phenols is 1. The number of fused-ring (bicyclic) bond motifs is 12. The van der Waals surface area contributed by atoms with Crippen molar-refractivity contribution in [1.82, 2.24) is 19.1 Å². The second-order valence-corrected chi connectivity index (χ2v) is 7.83. The molecule has 0 amide bonds. The average molecular weight is 426 g/mol. The van der Waals surface area contributed by atoms with Crippen molar-refractivity contribution in [1.29, 1.82) is 0 Å². The molecule has 1 atom stereocenters. The largest absolute Gasteiger partial charge is 0.508 e. The molecule has 0 aliphatic carbocycles. The highest BCUT2D eigenvalue weighted by molar-refractivity contribution is 5.91. The van der Waals surface area contributed by atoms with Gasteiger partial charge in [0.25, 0.3) is 0 Å². The molecule has 0 saturated heterocycles. The first kappa shape index (κ1) is 17.3.